The summed E-state index contributed by atoms with van der Waals surface area (Å²) in [7, 11) is 1.74. The molecule has 0 spiro atoms. The van der Waals surface area contributed by atoms with Gasteiger partial charge in [-0.3, -0.25) is 4.90 Å². The van der Waals surface area contributed by atoms with Gasteiger partial charge in [0, 0.05) is 32.3 Å². The summed E-state index contributed by atoms with van der Waals surface area (Å²) in [6.07, 6.45) is 3.02. The lowest BCUT2D eigenvalue weighted by Gasteiger charge is -2.35. The van der Waals surface area contributed by atoms with Gasteiger partial charge in [0.1, 0.15) is 0 Å². The smallest absolute Gasteiger partial charge is 0.0827 e. The van der Waals surface area contributed by atoms with Gasteiger partial charge in [0.2, 0.25) is 0 Å². The summed E-state index contributed by atoms with van der Waals surface area (Å²) in [5.74, 6) is 0. The van der Waals surface area contributed by atoms with Gasteiger partial charge in [0.15, 0.2) is 0 Å². The van der Waals surface area contributed by atoms with Gasteiger partial charge < -0.3 is 14.8 Å². The third-order valence-corrected chi connectivity index (χ3v) is 3.57. The van der Waals surface area contributed by atoms with E-state index < -0.39 is 0 Å². The highest BCUT2D eigenvalue weighted by molar-refractivity contribution is 4.86. The Morgan fingerprint density at radius 2 is 2.44 bits per heavy atom. The monoisotopic (exact) mass is 228 g/mol. The summed E-state index contributed by atoms with van der Waals surface area (Å²) in [5, 5.41) is 3.46. The Hall–Kier alpha value is -0.160. The quantitative estimate of drug-likeness (QED) is 0.742. The van der Waals surface area contributed by atoms with E-state index in [-0.39, 0.29) is 0 Å². The molecule has 94 valence electrons. The lowest BCUT2D eigenvalue weighted by Crippen LogP contribution is -2.50. The predicted octanol–water partition coefficient (Wildman–Crippen LogP) is 0.474. The van der Waals surface area contributed by atoms with Gasteiger partial charge in [0.05, 0.1) is 19.3 Å². The fraction of sp³-hybridized carbons (Fsp3) is 1.00. The van der Waals surface area contributed by atoms with Crippen molar-refractivity contribution in [2.45, 2.75) is 38.0 Å². The summed E-state index contributed by atoms with van der Waals surface area (Å²) in [6.45, 7) is 7.12. The molecule has 4 nitrogen and oxygen atoms in total. The molecule has 2 fully saturated rings. The van der Waals surface area contributed by atoms with Crippen molar-refractivity contribution >= 4 is 0 Å². The van der Waals surface area contributed by atoms with Gasteiger partial charge in [-0.15, -0.1) is 0 Å². The molecular weight excluding hydrogens is 204 g/mol. The zero-order valence-electron chi connectivity index (χ0n) is 10.4. The molecule has 0 amide bonds. The van der Waals surface area contributed by atoms with E-state index >= 15 is 0 Å². The van der Waals surface area contributed by atoms with Crippen LogP contribution in [-0.2, 0) is 9.47 Å². The van der Waals surface area contributed by atoms with Gasteiger partial charge in [-0.25, -0.2) is 0 Å². The van der Waals surface area contributed by atoms with Crippen LogP contribution in [0, 0.1) is 0 Å². The summed E-state index contributed by atoms with van der Waals surface area (Å²) in [6, 6.07) is 1.11. The average Bonchev–Trinajstić information content (AvgIpc) is 2.74. The van der Waals surface area contributed by atoms with Crippen molar-refractivity contribution < 1.29 is 9.47 Å². The maximum Gasteiger partial charge on any atom is 0.0827 e. The summed E-state index contributed by atoms with van der Waals surface area (Å²) in [5.41, 5.74) is 0. The van der Waals surface area contributed by atoms with Crippen molar-refractivity contribution in [2.75, 3.05) is 40.0 Å². The fourth-order valence-corrected chi connectivity index (χ4v) is 2.65. The molecule has 4 heteroatoms. The van der Waals surface area contributed by atoms with E-state index in [0.717, 1.165) is 26.3 Å². The van der Waals surface area contributed by atoms with Crippen LogP contribution in [0.2, 0.25) is 0 Å². The van der Waals surface area contributed by atoms with E-state index in [1.54, 1.807) is 7.11 Å². The van der Waals surface area contributed by atoms with Crippen molar-refractivity contribution in [2.24, 2.45) is 0 Å². The van der Waals surface area contributed by atoms with E-state index in [1.807, 2.05) is 0 Å². The molecule has 0 aliphatic carbocycles. The lowest BCUT2D eigenvalue weighted by molar-refractivity contribution is -0.0483. The third-order valence-electron chi connectivity index (χ3n) is 3.57. The number of hydrogen-bond donors (Lipinski definition) is 1. The summed E-state index contributed by atoms with van der Waals surface area (Å²) in [4.78, 5) is 2.58. The largest absolute Gasteiger partial charge is 0.383 e. The molecule has 1 N–H and O–H groups in total. The van der Waals surface area contributed by atoms with Gasteiger partial charge in [-0.1, -0.05) is 0 Å². The minimum absolute atomic E-state index is 0.355. The first-order chi connectivity index (χ1) is 7.79. The summed E-state index contributed by atoms with van der Waals surface area (Å²) >= 11 is 0. The van der Waals surface area contributed by atoms with Crippen LogP contribution in [0.4, 0.5) is 0 Å². The van der Waals surface area contributed by atoms with Gasteiger partial charge in [0.25, 0.3) is 0 Å². The number of hydrogen-bond acceptors (Lipinski definition) is 4. The molecule has 2 rings (SSSR count). The van der Waals surface area contributed by atoms with Crippen LogP contribution in [0.1, 0.15) is 19.8 Å². The highest BCUT2D eigenvalue weighted by atomic mass is 16.5. The number of nitrogens with one attached hydrogen (secondary N) is 1. The van der Waals surface area contributed by atoms with E-state index in [4.69, 9.17) is 9.47 Å². The molecule has 2 aliphatic rings. The first-order valence-corrected chi connectivity index (χ1v) is 6.37. The Balaban J connectivity index is 1.67. The van der Waals surface area contributed by atoms with E-state index in [0.29, 0.717) is 18.2 Å². The molecule has 0 aromatic heterocycles. The van der Waals surface area contributed by atoms with Crippen molar-refractivity contribution in [3.8, 4) is 0 Å². The van der Waals surface area contributed by atoms with Crippen LogP contribution in [-0.4, -0.2) is 63.0 Å². The molecule has 0 aromatic rings. The van der Waals surface area contributed by atoms with Crippen molar-refractivity contribution in [1.29, 1.82) is 0 Å². The van der Waals surface area contributed by atoms with Crippen LogP contribution >= 0.6 is 0 Å². The first-order valence-electron chi connectivity index (χ1n) is 6.37. The zero-order valence-corrected chi connectivity index (χ0v) is 10.4. The number of methoxy groups -OCH3 is 1. The minimum atomic E-state index is 0.355. The Kier molecular flexibility index (Phi) is 4.58. The standard InChI is InChI=1S/C12H24N2O2/c1-10(8-15-2)13-6-12-7-14-5-3-4-11(14)9-16-12/h10-13H,3-9H2,1-2H3. The number of nitrogens with zero attached hydrogens (tertiary/aromatic N) is 1. The SMILES string of the molecule is COCC(C)NCC1CN2CCCC2CO1. The van der Waals surface area contributed by atoms with Crippen molar-refractivity contribution in [3.63, 3.8) is 0 Å². The van der Waals surface area contributed by atoms with Crippen LogP contribution in [0.25, 0.3) is 0 Å². The molecule has 0 saturated carbocycles. The maximum atomic E-state index is 5.88. The van der Waals surface area contributed by atoms with Crippen LogP contribution in [0.3, 0.4) is 0 Å². The third kappa shape index (κ3) is 3.17. The van der Waals surface area contributed by atoms with Crippen molar-refractivity contribution in [1.82, 2.24) is 10.2 Å². The number of rotatable bonds is 5. The molecule has 16 heavy (non-hydrogen) atoms. The Bertz CT molecular complexity index is 213. The maximum absolute atomic E-state index is 5.88. The Labute approximate surface area is 98.3 Å². The topological polar surface area (TPSA) is 33.7 Å². The molecule has 0 bridgehead atoms. The molecule has 3 unspecified atom stereocenters. The fourth-order valence-electron chi connectivity index (χ4n) is 2.65. The van der Waals surface area contributed by atoms with E-state index in [9.17, 15) is 0 Å². The van der Waals surface area contributed by atoms with Gasteiger partial charge in [-0.2, -0.15) is 0 Å². The lowest BCUT2D eigenvalue weighted by atomic mass is 10.2. The van der Waals surface area contributed by atoms with Crippen molar-refractivity contribution in [3.05, 3.63) is 0 Å². The van der Waals surface area contributed by atoms with Gasteiger partial charge >= 0.3 is 0 Å². The molecule has 3 atom stereocenters. The Morgan fingerprint density at radius 3 is 3.25 bits per heavy atom. The highest BCUT2D eigenvalue weighted by Crippen LogP contribution is 2.22. The second kappa shape index (κ2) is 5.96. The summed E-state index contributed by atoms with van der Waals surface area (Å²) < 4.78 is 11.0. The first kappa shape index (κ1) is 12.3. The highest BCUT2D eigenvalue weighted by Gasteiger charge is 2.31. The molecule has 0 aromatic carbocycles. The molecule has 2 saturated heterocycles. The Morgan fingerprint density at radius 1 is 1.56 bits per heavy atom. The number of fused-ring (bicyclic) bond motifs is 1. The molecule has 2 heterocycles. The zero-order chi connectivity index (χ0) is 11.4. The number of morpholine rings is 1. The molecular formula is C12H24N2O2. The molecule has 0 radical (unpaired) electrons. The van der Waals surface area contributed by atoms with Gasteiger partial charge in [-0.05, 0) is 26.3 Å². The van der Waals surface area contributed by atoms with E-state index in [2.05, 4.69) is 17.1 Å². The van der Waals surface area contributed by atoms with E-state index in [1.165, 1.54) is 19.4 Å². The second-order valence-corrected chi connectivity index (χ2v) is 5.01. The predicted molar refractivity (Wildman–Crippen MR) is 63.7 cm³/mol. The molecule has 2 aliphatic heterocycles. The van der Waals surface area contributed by atoms with Crippen LogP contribution in [0.5, 0.6) is 0 Å². The number of ether oxygens (including phenoxy) is 2. The normalized spacial score (nSPS) is 32.6. The van der Waals surface area contributed by atoms with Crippen LogP contribution < -0.4 is 5.32 Å². The minimum Gasteiger partial charge on any atom is -0.383 e. The average molecular weight is 228 g/mol. The van der Waals surface area contributed by atoms with Crippen LogP contribution in [0.15, 0.2) is 0 Å². The second-order valence-electron chi connectivity index (χ2n) is 5.01.